The van der Waals surface area contributed by atoms with Crippen LogP contribution in [-0.2, 0) is 16.6 Å². The third-order valence-corrected chi connectivity index (χ3v) is 5.91. The van der Waals surface area contributed by atoms with Crippen molar-refractivity contribution in [1.29, 1.82) is 0 Å². The normalized spacial score (nSPS) is 16.1. The summed E-state index contributed by atoms with van der Waals surface area (Å²) in [5, 5.41) is 7.20. The molecule has 0 atom stereocenters. The van der Waals surface area contributed by atoms with E-state index in [1.54, 1.807) is 15.6 Å². The summed E-state index contributed by atoms with van der Waals surface area (Å²) in [6, 6.07) is 2.25. The van der Waals surface area contributed by atoms with Gasteiger partial charge in [0, 0.05) is 12.6 Å². The van der Waals surface area contributed by atoms with Gasteiger partial charge in [-0.3, -0.25) is 0 Å². The predicted molar refractivity (Wildman–Crippen MR) is 79.8 cm³/mol. The number of hydrogen-bond acceptors (Lipinski definition) is 4. The minimum absolute atomic E-state index is 0.240. The van der Waals surface area contributed by atoms with Crippen LogP contribution in [0.3, 0.4) is 0 Å². The lowest BCUT2D eigenvalue weighted by atomic mass is 10.3. The summed E-state index contributed by atoms with van der Waals surface area (Å²) in [5.74, 6) is 0.251. The highest BCUT2D eigenvalue weighted by Crippen LogP contribution is 2.31. The van der Waals surface area contributed by atoms with Crippen LogP contribution in [0.1, 0.15) is 31.7 Å². The van der Waals surface area contributed by atoms with E-state index in [1.807, 2.05) is 23.8 Å². The fraction of sp³-hybridized carbons (Fsp3) is 0.692. The fourth-order valence-electron chi connectivity index (χ4n) is 2.05. The Morgan fingerprint density at radius 2 is 2.26 bits per heavy atom. The number of hydrogen-bond donors (Lipinski definition) is 1. The molecule has 0 radical (unpaired) electrons. The van der Waals surface area contributed by atoms with Gasteiger partial charge in [-0.25, -0.2) is 8.42 Å². The number of nitrogens with zero attached hydrogens (tertiary/aromatic N) is 1. The first kappa shape index (κ1) is 15.0. The number of thiophene rings is 1. The second-order valence-electron chi connectivity index (χ2n) is 4.93. The first-order valence-corrected chi connectivity index (χ1v) is 9.40. The van der Waals surface area contributed by atoms with E-state index in [1.165, 1.54) is 0 Å². The third kappa shape index (κ3) is 4.56. The van der Waals surface area contributed by atoms with Crippen molar-refractivity contribution in [1.82, 2.24) is 9.62 Å². The number of rotatable bonds is 9. The average Bonchev–Trinajstić information content (AvgIpc) is 3.08. The Bertz CT molecular complexity index is 467. The van der Waals surface area contributed by atoms with E-state index in [9.17, 15) is 8.42 Å². The lowest BCUT2D eigenvalue weighted by molar-refractivity contribution is 0.398. The molecule has 1 aliphatic carbocycles. The molecule has 0 saturated heterocycles. The summed E-state index contributed by atoms with van der Waals surface area (Å²) >= 11 is 1.62. The summed E-state index contributed by atoms with van der Waals surface area (Å²) in [5.41, 5.74) is 1.10. The lowest BCUT2D eigenvalue weighted by Gasteiger charge is -2.21. The minimum Gasteiger partial charge on any atom is -0.317 e. The highest BCUT2D eigenvalue weighted by atomic mass is 32.2. The van der Waals surface area contributed by atoms with Crippen molar-refractivity contribution in [3.05, 3.63) is 22.4 Å². The molecule has 0 bridgehead atoms. The Labute approximate surface area is 119 Å². The Balaban J connectivity index is 1.93. The van der Waals surface area contributed by atoms with E-state index in [4.69, 9.17) is 0 Å². The molecule has 1 saturated carbocycles. The highest BCUT2D eigenvalue weighted by molar-refractivity contribution is 7.89. The van der Waals surface area contributed by atoms with E-state index in [2.05, 4.69) is 5.32 Å². The molecular formula is C13H22N2O2S2. The molecule has 19 heavy (non-hydrogen) atoms. The Morgan fingerprint density at radius 3 is 2.84 bits per heavy atom. The maximum atomic E-state index is 12.4. The van der Waals surface area contributed by atoms with Crippen molar-refractivity contribution in [3.8, 4) is 0 Å². The summed E-state index contributed by atoms with van der Waals surface area (Å²) in [4.78, 5) is 0. The van der Waals surface area contributed by atoms with Gasteiger partial charge in [0.05, 0.1) is 5.75 Å². The molecule has 0 aliphatic heterocycles. The summed E-state index contributed by atoms with van der Waals surface area (Å²) in [7, 11) is -3.12. The molecule has 1 fully saturated rings. The van der Waals surface area contributed by atoms with Gasteiger partial charge < -0.3 is 5.32 Å². The molecule has 108 valence electrons. The van der Waals surface area contributed by atoms with Crippen LogP contribution in [0.15, 0.2) is 16.8 Å². The SMILES string of the molecule is CCNCCCS(=O)(=O)N(Cc1ccsc1)C1CC1. The molecule has 0 aromatic carbocycles. The van der Waals surface area contributed by atoms with Gasteiger partial charge in [0.15, 0.2) is 0 Å². The maximum Gasteiger partial charge on any atom is 0.214 e. The van der Waals surface area contributed by atoms with Crippen LogP contribution >= 0.6 is 11.3 Å². The molecule has 0 unspecified atom stereocenters. The van der Waals surface area contributed by atoms with Crippen LogP contribution in [0.2, 0.25) is 0 Å². The van der Waals surface area contributed by atoms with Crippen molar-refractivity contribution < 1.29 is 8.42 Å². The summed E-state index contributed by atoms with van der Waals surface area (Å²) < 4.78 is 26.5. The molecule has 0 amide bonds. The van der Waals surface area contributed by atoms with Gasteiger partial charge in [0.25, 0.3) is 0 Å². The van der Waals surface area contributed by atoms with Crippen LogP contribution in [0.5, 0.6) is 0 Å². The quantitative estimate of drug-likeness (QED) is 0.710. The zero-order valence-corrected chi connectivity index (χ0v) is 13.0. The zero-order chi connectivity index (χ0) is 13.7. The molecule has 1 heterocycles. The van der Waals surface area contributed by atoms with E-state index in [0.29, 0.717) is 13.0 Å². The largest absolute Gasteiger partial charge is 0.317 e. The molecule has 1 aliphatic rings. The second kappa shape index (κ2) is 6.83. The summed E-state index contributed by atoms with van der Waals surface area (Å²) in [6.07, 6.45) is 2.70. The molecule has 1 N–H and O–H groups in total. The van der Waals surface area contributed by atoms with Gasteiger partial charge in [0.2, 0.25) is 10.0 Å². The summed E-state index contributed by atoms with van der Waals surface area (Å²) in [6.45, 7) is 4.23. The number of nitrogens with one attached hydrogen (secondary N) is 1. The van der Waals surface area contributed by atoms with Gasteiger partial charge in [-0.2, -0.15) is 15.6 Å². The zero-order valence-electron chi connectivity index (χ0n) is 11.3. The van der Waals surface area contributed by atoms with Crippen molar-refractivity contribution in [2.24, 2.45) is 0 Å². The molecule has 0 spiro atoms. The van der Waals surface area contributed by atoms with Gasteiger partial charge in [-0.1, -0.05) is 6.92 Å². The number of sulfonamides is 1. The third-order valence-electron chi connectivity index (χ3n) is 3.24. The molecule has 4 nitrogen and oxygen atoms in total. The van der Waals surface area contributed by atoms with Crippen LogP contribution in [0.25, 0.3) is 0 Å². The molecule has 1 aromatic heterocycles. The maximum absolute atomic E-state index is 12.4. The van der Waals surface area contributed by atoms with Gasteiger partial charge in [-0.15, -0.1) is 0 Å². The van der Waals surface area contributed by atoms with Crippen LogP contribution in [0.4, 0.5) is 0 Å². The van der Waals surface area contributed by atoms with E-state index >= 15 is 0 Å². The Hall–Kier alpha value is -0.430. The monoisotopic (exact) mass is 302 g/mol. The Morgan fingerprint density at radius 1 is 1.47 bits per heavy atom. The highest BCUT2D eigenvalue weighted by Gasteiger charge is 2.36. The van der Waals surface area contributed by atoms with Crippen molar-refractivity contribution in [2.45, 2.75) is 38.8 Å². The average molecular weight is 302 g/mol. The van der Waals surface area contributed by atoms with Crippen LogP contribution < -0.4 is 5.32 Å². The first-order chi connectivity index (χ1) is 9.13. The van der Waals surface area contributed by atoms with Crippen molar-refractivity contribution in [3.63, 3.8) is 0 Å². The predicted octanol–water partition coefficient (Wildman–Crippen LogP) is 2.04. The standard InChI is InChI=1S/C13H22N2O2S2/c1-2-14-7-3-9-19(16,17)15(13-4-5-13)10-12-6-8-18-11-12/h6,8,11,13-14H,2-5,7,9-10H2,1H3. The lowest BCUT2D eigenvalue weighted by Crippen LogP contribution is -2.35. The smallest absolute Gasteiger partial charge is 0.214 e. The van der Waals surface area contributed by atoms with E-state index in [0.717, 1.165) is 31.5 Å². The van der Waals surface area contributed by atoms with Crippen molar-refractivity contribution in [2.75, 3.05) is 18.8 Å². The molecule has 1 aromatic rings. The fourth-order valence-corrected chi connectivity index (χ4v) is 4.47. The topological polar surface area (TPSA) is 49.4 Å². The van der Waals surface area contributed by atoms with E-state index in [-0.39, 0.29) is 11.8 Å². The van der Waals surface area contributed by atoms with Crippen molar-refractivity contribution >= 4 is 21.4 Å². The van der Waals surface area contributed by atoms with Crippen LogP contribution in [-0.4, -0.2) is 37.6 Å². The molecular weight excluding hydrogens is 280 g/mol. The molecule has 6 heteroatoms. The van der Waals surface area contributed by atoms with Gasteiger partial charge in [-0.05, 0) is 54.7 Å². The van der Waals surface area contributed by atoms with Gasteiger partial charge in [0.1, 0.15) is 0 Å². The van der Waals surface area contributed by atoms with E-state index < -0.39 is 10.0 Å². The van der Waals surface area contributed by atoms with Gasteiger partial charge >= 0.3 is 0 Å². The molecule has 2 rings (SSSR count). The van der Waals surface area contributed by atoms with Crippen LogP contribution in [0, 0.1) is 0 Å². The minimum atomic E-state index is -3.12. The second-order valence-corrected chi connectivity index (χ2v) is 7.75. The first-order valence-electron chi connectivity index (χ1n) is 6.85. The Kier molecular flexibility index (Phi) is 5.38.